The normalized spacial score (nSPS) is 17.5. The first-order valence-electron chi connectivity index (χ1n) is 7.93. The standard InChI is InChI=1S/C18H17Cl2F3N2/c19-14-3-1-2-12(10-14)17(25-8-6-24-7-9-25)13-4-5-16(20)15(11-13)18(21,22)23/h1-5,10-11,17,24H,6-9H2. The maximum atomic E-state index is 13.3. The van der Waals surface area contributed by atoms with Crippen molar-refractivity contribution in [1.82, 2.24) is 10.2 Å². The van der Waals surface area contributed by atoms with Gasteiger partial charge in [0, 0.05) is 31.2 Å². The molecule has 25 heavy (non-hydrogen) atoms. The van der Waals surface area contributed by atoms with Crippen LogP contribution >= 0.6 is 23.2 Å². The number of hydrogen-bond donors (Lipinski definition) is 1. The molecule has 134 valence electrons. The van der Waals surface area contributed by atoms with Crippen molar-refractivity contribution >= 4 is 23.2 Å². The molecule has 1 atom stereocenters. The monoisotopic (exact) mass is 388 g/mol. The van der Waals surface area contributed by atoms with Crippen molar-refractivity contribution in [3.63, 3.8) is 0 Å². The molecule has 1 aliphatic heterocycles. The molecule has 3 rings (SSSR count). The fourth-order valence-electron chi connectivity index (χ4n) is 3.16. The van der Waals surface area contributed by atoms with Gasteiger partial charge in [0.05, 0.1) is 16.6 Å². The molecule has 0 aromatic heterocycles. The third kappa shape index (κ3) is 4.29. The molecule has 1 unspecified atom stereocenters. The van der Waals surface area contributed by atoms with Gasteiger partial charge in [0.2, 0.25) is 0 Å². The lowest BCUT2D eigenvalue weighted by molar-refractivity contribution is -0.137. The van der Waals surface area contributed by atoms with E-state index in [0.29, 0.717) is 10.6 Å². The molecule has 7 heteroatoms. The number of nitrogens with one attached hydrogen (secondary N) is 1. The SMILES string of the molecule is FC(F)(F)c1cc(C(c2cccc(Cl)c2)N2CCNCC2)ccc1Cl. The molecular formula is C18H17Cl2F3N2. The predicted molar refractivity (Wildman–Crippen MR) is 94.2 cm³/mol. The summed E-state index contributed by atoms with van der Waals surface area (Å²) in [5.74, 6) is 0. The summed E-state index contributed by atoms with van der Waals surface area (Å²) in [6.45, 7) is 3.05. The molecule has 0 radical (unpaired) electrons. The average Bonchev–Trinajstić information content (AvgIpc) is 2.57. The smallest absolute Gasteiger partial charge is 0.314 e. The lowest BCUT2D eigenvalue weighted by Crippen LogP contribution is -2.45. The van der Waals surface area contributed by atoms with Gasteiger partial charge in [-0.25, -0.2) is 0 Å². The van der Waals surface area contributed by atoms with Gasteiger partial charge in [-0.2, -0.15) is 13.2 Å². The maximum absolute atomic E-state index is 13.3. The first-order valence-corrected chi connectivity index (χ1v) is 8.69. The Morgan fingerprint density at radius 3 is 2.28 bits per heavy atom. The summed E-state index contributed by atoms with van der Waals surface area (Å²) < 4.78 is 39.8. The van der Waals surface area contributed by atoms with Gasteiger partial charge in [0.25, 0.3) is 0 Å². The molecule has 1 fully saturated rings. The third-order valence-corrected chi connectivity index (χ3v) is 4.86. The lowest BCUT2D eigenvalue weighted by Gasteiger charge is -2.36. The Hall–Kier alpha value is -1.27. The molecule has 0 spiro atoms. The minimum atomic E-state index is -4.49. The van der Waals surface area contributed by atoms with Crippen LogP contribution in [0.3, 0.4) is 0 Å². The maximum Gasteiger partial charge on any atom is 0.417 e. The zero-order chi connectivity index (χ0) is 18.0. The van der Waals surface area contributed by atoms with Gasteiger partial charge in [-0.3, -0.25) is 4.90 Å². The van der Waals surface area contributed by atoms with E-state index in [4.69, 9.17) is 23.2 Å². The topological polar surface area (TPSA) is 15.3 Å². The minimum Gasteiger partial charge on any atom is -0.314 e. The van der Waals surface area contributed by atoms with Crippen LogP contribution in [0.4, 0.5) is 13.2 Å². The van der Waals surface area contributed by atoms with E-state index < -0.39 is 11.7 Å². The highest BCUT2D eigenvalue weighted by atomic mass is 35.5. The van der Waals surface area contributed by atoms with Crippen molar-refractivity contribution in [3.05, 3.63) is 69.2 Å². The molecule has 1 N–H and O–H groups in total. The number of alkyl halides is 3. The molecule has 0 aliphatic carbocycles. The van der Waals surface area contributed by atoms with Crippen LogP contribution in [0.5, 0.6) is 0 Å². The molecule has 2 nitrogen and oxygen atoms in total. The van der Waals surface area contributed by atoms with Gasteiger partial charge in [-0.05, 0) is 35.4 Å². The van der Waals surface area contributed by atoms with E-state index in [-0.39, 0.29) is 11.1 Å². The van der Waals surface area contributed by atoms with Gasteiger partial charge in [-0.15, -0.1) is 0 Å². The Bertz CT molecular complexity index is 743. The Morgan fingerprint density at radius 1 is 0.960 bits per heavy atom. The van der Waals surface area contributed by atoms with Gasteiger partial charge >= 0.3 is 6.18 Å². The first kappa shape index (κ1) is 18.5. The van der Waals surface area contributed by atoms with Crippen LogP contribution in [0.1, 0.15) is 22.7 Å². The third-order valence-electron chi connectivity index (χ3n) is 4.29. The molecule has 0 bridgehead atoms. The van der Waals surface area contributed by atoms with Crippen molar-refractivity contribution in [2.75, 3.05) is 26.2 Å². The summed E-state index contributed by atoms with van der Waals surface area (Å²) >= 11 is 11.9. The zero-order valence-electron chi connectivity index (χ0n) is 13.3. The summed E-state index contributed by atoms with van der Waals surface area (Å²) in [5, 5.41) is 3.53. The Morgan fingerprint density at radius 2 is 1.64 bits per heavy atom. The molecule has 1 saturated heterocycles. The van der Waals surface area contributed by atoms with Gasteiger partial charge in [-0.1, -0.05) is 41.4 Å². The molecule has 2 aromatic carbocycles. The van der Waals surface area contributed by atoms with E-state index >= 15 is 0 Å². The molecular weight excluding hydrogens is 372 g/mol. The number of nitrogens with zero attached hydrogens (tertiary/aromatic N) is 1. The predicted octanol–water partition coefficient (Wildman–Crippen LogP) is 5.01. The minimum absolute atomic E-state index is 0.290. The summed E-state index contributed by atoms with van der Waals surface area (Å²) in [7, 11) is 0. The van der Waals surface area contributed by atoms with Crippen LogP contribution in [0.2, 0.25) is 10.0 Å². The van der Waals surface area contributed by atoms with E-state index in [0.717, 1.165) is 37.8 Å². The van der Waals surface area contributed by atoms with Gasteiger partial charge in [0.15, 0.2) is 0 Å². The van der Waals surface area contributed by atoms with Crippen molar-refractivity contribution < 1.29 is 13.2 Å². The van der Waals surface area contributed by atoms with E-state index in [1.54, 1.807) is 18.2 Å². The van der Waals surface area contributed by atoms with Crippen molar-refractivity contribution in [3.8, 4) is 0 Å². The van der Waals surface area contributed by atoms with Gasteiger partial charge < -0.3 is 5.32 Å². The van der Waals surface area contributed by atoms with Gasteiger partial charge in [0.1, 0.15) is 0 Å². The Balaban J connectivity index is 2.08. The van der Waals surface area contributed by atoms with Crippen LogP contribution < -0.4 is 5.32 Å². The van der Waals surface area contributed by atoms with Crippen molar-refractivity contribution in [2.45, 2.75) is 12.2 Å². The second-order valence-corrected chi connectivity index (χ2v) is 6.82. The van der Waals surface area contributed by atoms with E-state index in [2.05, 4.69) is 10.2 Å². The molecule has 2 aromatic rings. The van der Waals surface area contributed by atoms with Crippen LogP contribution in [0.25, 0.3) is 0 Å². The van der Waals surface area contributed by atoms with E-state index in [1.165, 1.54) is 6.07 Å². The molecule has 0 amide bonds. The van der Waals surface area contributed by atoms with Crippen molar-refractivity contribution in [1.29, 1.82) is 0 Å². The molecule has 1 aliphatic rings. The lowest BCUT2D eigenvalue weighted by atomic mass is 9.95. The summed E-state index contributed by atoms with van der Waals surface area (Å²) in [6, 6.07) is 11.1. The van der Waals surface area contributed by atoms with Crippen molar-refractivity contribution in [2.24, 2.45) is 0 Å². The highest BCUT2D eigenvalue weighted by Crippen LogP contribution is 2.38. The number of rotatable bonds is 3. The summed E-state index contributed by atoms with van der Waals surface area (Å²) in [4.78, 5) is 2.16. The van der Waals surface area contributed by atoms with Crippen LogP contribution in [0, 0.1) is 0 Å². The Kier molecular flexibility index (Phi) is 5.58. The van der Waals surface area contributed by atoms with E-state index in [1.807, 2.05) is 12.1 Å². The largest absolute Gasteiger partial charge is 0.417 e. The highest BCUT2D eigenvalue weighted by Gasteiger charge is 2.35. The first-order chi connectivity index (χ1) is 11.9. The number of piperazine rings is 1. The number of halogens is 5. The quantitative estimate of drug-likeness (QED) is 0.794. The second kappa shape index (κ2) is 7.54. The fraction of sp³-hybridized carbons (Fsp3) is 0.333. The number of benzene rings is 2. The second-order valence-electron chi connectivity index (χ2n) is 5.98. The molecule has 0 saturated carbocycles. The molecule has 1 heterocycles. The van der Waals surface area contributed by atoms with E-state index in [9.17, 15) is 13.2 Å². The van der Waals surface area contributed by atoms with Crippen LogP contribution in [0.15, 0.2) is 42.5 Å². The zero-order valence-corrected chi connectivity index (χ0v) is 14.8. The number of hydrogen-bond acceptors (Lipinski definition) is 2. The van der Waals surface area contributed by atoms with Crippen LogP contribution in [-0.2, 0) is 6.18 Å². The van der Waals surface area contributed by atoms with Crippen LogP contribution in [-0.4, -0.2) is 31.1 Å². The highest BCUT2D eigenvalue weighted by molar-refractivity contribution is 6.31. The summed E-state index contributed by atoms with van der Waals surface area (Å²) in [5.41, 5.74) is 0.611. The Labute approximate surface area is 154 Å². The average molecular weight is 389 g/mol. The fourth-order valence-corrected chi connectivity index (χ4v) is 3.58. The summed E-state index contributed by atoms with van der Waals surface area (Å²) in [6.07, 6.45) is -4.49.